The zero-order valence-electron chi connectivity index (χ0n) is 35.2. The lowest BCUT2D eigenvalue weighted by molar-refractivity contribution is -0.186. The van der Waals surface area contributed by atoms with Gasteiger partial charge in [0, 0.05) is 64.0 Å². The number of anilines is 1. The Balaban J connectivity index is 1.22. The van der Waals surface area contributed by atoms with E-state index < -0.39 is 42.9 Å². The fourth-order valence-electron chi connectivity index (χ4n) is 6.50. The molecule has 1 aliphatic heterocycles. The molecule has 1 saturated heterocycles. The van der Waals surface area contributed by atoms with E-state index in [9.17, 15) is 22.8 Å². The molecule has 0 aliphatic carbocycles. The van der Waals surface area contributed by atoms with Gasteiger partial charge in [-0.05, 0) is 88.5 Å². The van der Waals surface area contributed by atoms with Gasteiger partial charge in [-0.15, -0.1) is 0 Å². The predicted octanol–water partition coefficient (Wildman–Crippen LogP) is 8.60. The smallest absolute Gasteiger partial charge is 0.410 e. The Hall–Kier alpha value is -5.29. The number of piperazine rings is 1. The van der Waals surface area contributed by atoms with E-state index in [1.165, 1.54) is 0 Å². The van der Waals surface area contributed by atoms with E-state index >= 15 is 0 Å². The number of hydrogen-bond acceptors (Lipinski definition) is 10. The fourth-order valence-corrected chi connectivity index (χ4v) is 7.26. The van der Waals surface area contributed by atoms with Crippen molar-refractivity contribution in [1.82, 2.24) is 34.9 Å². The lowest BCUT2D eigenvalue weighted by atomic mass is 9.93. The van der Waals surface area contributed by atoms with Gasteiger partial charge in [-0.1, -0.05) is 49.1 Å². The molecule has 0 saturated carbocycles. The highest BCUT2D eigenvalue weighted by atomic mass is 28.3. The summed E-state index contributed by atoms with van der Waals surface area (Å²) in [4.78, 5) is 42.6. The molecular weight excluding hydrogens is 782 g/mol. The highest BCUT2D eigenvalue weighted by Gasteiger charge is 2.53. The number of amides is 2. The van der Waals surface area contributed by atoms with Crippen molar-refractivity contribution in [3.63, 3.8) is 0 Å². The highest BCUT2D eigenvalue weighted by Crippen LogP contribution is 2.39. The second-order valence-electron chi connectivity index (χ2n) is 17.6. The molecule has 1 fully saturated rings. The maximum atomic E-state index is 13.5. The summed E-state index contributed by atoms with van der Waals surface area (Å²) in [5.41, 5.74) is 3.95. The van der Waals surface area contributed by atoms with Crippen molar-refractivity contribution < 1.29 is 36.8 Å². The van der Waals surface area contributed by atoms with Gasteiger partial charge in [-0.2, -0.15) is 18.2 Å². The monoisotopic (exact) mass is 834 g/mol. The summed E-state index contributed by atoms with van der Waals surface area (Å²) in [5.74, 6) is -1.92. The number of halogens is 3. The predicted molar refractivity (Wildman–Crippen MR) is 222 cm³/mol. The van der Waals surface area contributed by atoms with Crippen LogP contribution in [0.1, 0.15) is 62.3 Å². The molecule has 2 aromatic carbocycles. The molecule has 13 nitrogen and oxygen atoms in total. The fraction of sp³-hybridized carbons (Fsp3) is 0.476. The van der Waals surface area contributed by atoms with Gasteiger partial charge in [0.05, 0.1) is 11.4 Å². The Morgan fingerprint density at radius 1 is 0.915 bits per heavy atom. The van der Waals surface area contributed by atoms with Gasteiger partial charge >= 0.3 is 12.3 Å². The zero-order valence-corrected chi connectivity index (χ0v) is 36.2. The lowest BCUT2D eigenvalue weighted by Crippen LogP contribution is -2.50. The van der Waals surface area contributed by atoms with Crippen LogP contribution in [0.4, 0.5) is 23.7 Å². The Morgan fingerprint density at radius 3 is 2.22 bits per heavy atom. The SMILES string of the molecule is Cc1cc(-c2ncnc3c2cc(-c2ccc(N4CCN(C(=O)OC(C)(C)C)CC4)cc2)n3COCC[Si](C)(C)C)ccc1CNC(=O)c1noc(C(C)(C)C(F)(F)F)n1. The molecule has 3 aromatic heterocycles. The maximum absolute atomic E-state index is 13.5. The topological polar surface area (TPSA) is 141 Å². The van der Waals surface area contributed by atoms with Gasteiger partial charge in [0.25, 0.3) is 11.7 Å². The maximum Gasteiger partial charge on any atom is 0.410 e. The summed E-state index contributed by atoms with van der Waals surface area (Å²) in [7, 11) is -1.32. The second kappa shape index (κ2) is 16.8. The summed E-state index contributed by atoms with van der Waals surface area (Å²) in [6, 6.07) is 17.2. The second-order valence-corrected chi connectivity index (χ2v) is 23.3. The van der Waals surface area contributed by atoms with Gasteiger partial charge in [0.2, 0.25) is 5.89 Å². The standard InChI is InChI=1S/C42H53F3N8O5Si/c1-27-22-29(10-11-30(27)24-46-37(54)35-49-38(58-50-35)41(5,6)42(43,44)45)34-32-23-33(53(36(32)48-25-47-34)26-56-20-21-59(7,8)9)28-12-14-31(15-13-28)51-16-18-52(19-17-51)39(55)57-40(2,3)4/h10-15,22-23,25H,16-21,24,26H2,1-9H3,(H,46,54). The van der Waals surface area contributed by atoms with Gasteiger partial charge in [-0.25, -0.2) is 14.8 Å². The molecule has 0 radical (unpaired) electrons. The van der Waals surface area contributed by atoms with Crippen molar-refractivity contribution in [3.05, 3.63) is 77.7 Å². The molecule has 0 unspecified atom stereocenters. The first-order chi connectivity index (χ1) is 27.6. The van der Waals surface area contributed by atoms with E-state index in [1.54, 1.807) is 11.2 Å². The quantitative estimate of drug-likeness (QED) is 0.0960. The molecule has 2 amide bonds. The highest BCUT2D eigenvalue weighted by molar-refractivity contribution is 6.76. The van der Waals surface area contributed by atoms with Gasteiger partial charge in [0.1, 0.15) is 29.7 Å². The number of carbonyl (C=O) groups excluding carboxylic acids is 2. The first-order valence-corrected chi connectivity index (χ1v) is 23.4. The number of aryl methyl sites for hydroxylation is 1. The molecule has 1 N–H and O–H groups in total. The lowest BCUT2D eigenvalue weighted by Gasteiger charge is -2.36. The van der Waals surface area contributed by atoms with E-state index in [-0.39, 0.29) is 12.6 Å². The van der Waals surface area contributed by atoms with Crippen LogP contribution < -0.4 is 10.2 Å². The molecular formula is C42H53F3N8O5Si. The molecule has 5 aromatic rings. The summed E-state index contributed by atoms with van der Waals surface area (Å²) in [5, 5.41) is 7.00. The minimum Gasteiger partial charge on any atom is -0.444 e. The van der Waals surface area contributed by atoms with Crippen molar-refractivity contribution in [1.29, 1.82) is 0 Å². The van der Waals surface area contributed by atoms with Crippen molar-refractivity contribution >= 4 is 36.8 Å². The van der Waals surface area contributed by atoms with E-state index in [0.29, 0.717) is 39.5 Å². The summed E-state index contributed by atoms with van der Waals surface area (Å²) >= 11 is 0. The van der Waals surface area contributed by atoms with Gasteiger partial charge in [-0.3, -0.25) is 4.79 Å². The van der Waals surface area contributed by atoms with E-state index in [1.807, 2.05) is 45.9 Å². The largest absolute Gasteiger partial charge is 0.444 e. The number of alkyl halides is 3. The van der Waals surface area contributed by atoms with Crippen LogP contribution >= 0.6 is 0 Å². The number of rotatable bonds is 12. The minimum atomic E-state index is -4.64. The van der Waals surface area contributed by atoms with Crippen LogP contribution in [0.2, 0.25) is 25.7 Å². The van der Waals surface area contributed by atoms with E-state index in [0.717, 1.165) is 70.3 Å². The van der Waals surface area contributed by atoms with Crippen LogP contribution in [0.25, 0.3) is 33.5 Å². The molecule has 59 heavy (non-hydrogen) atoms. The number of carbonyl (C=O) groups is 2. The number of nitrogens with one attached hydrogen (secondary N) is 1. The van der Waals surface area contributed by atoms with Crippen LogP contribution in [-0.2, 0) is 28.2 Å². The number of fused-ring (bicyclic) bond motifs is 1. The third-order valence-corrected chi connectivity index (χ3v) is 12.0. The average molecular weight is 835 g/mol. The molecule has 1 aliphatic rings. The zero-order chi connectivity index (χ0) is 42.9. The summed E-state index contributed by atoms with van der Waals surface area (Å²) in [6.45, 7) is 19.9. The molecule has 0 bridgehead atoms. The molecule has 6 rings (SSSR count). The summed E-state index contributed by atoms with van der Waals surface area (Å²) < 4.78 is 59.1. The number of aromatic nitrogens is 5. The van der Waals surface area contributed by atoms with E-state index in [2.05, 4.69) is 74.9 Å². The molecule has 316 valence electrons. The number of ether oxygens (including phenoxy) is 2. The average Bonchev–Trinajstić information content (AvgIpc) is 3.81. The van der Waals surface area contributed by atoms with Gasteiger partial charge in [0.15, 0.2) is 0 Å². The van der Waals surface area contributed by atoms with Crippen LogP contribution in [0.15, 0.2) is 59.4 Å². The Bertz CT molecular complexity index is 2290. The number of benzene rings is 2. The third-order valence-electron chi connectivity index (χ3n) is 10.3. The van der Waals surface area contributed by atoms with Crippen LogP contribution in [0.3, 0.4) is 0 Å². The molecule has 17 heteroatoms. The first-order valence-electron chi connectivity index (χ1n) is 19.7. The number of nitrogens with zero attached hydrogens (tertiary/aromatic N) is 7. The van der Waals surface area contributed by atoms with Crippen molar-refractivity contribution in [2.75, 3.05) is 37.7 Å². The molecule has 4 heterocycles. The summed E-state index contributed by atoms with van der Waals surface area (Å²) in [6.07, 6.45) is -3.38. The van der Waals surface area contributed by atoms with Crippen LogP contribution in [0.5, 0.6) is 0 Å². The molecule has 0 spiro atoms. The Morgan fingerprint density at radius 2 is 1.59 bits per heavy atom. The molecule has 0 atom stereocenters. The third kappa shape index (κ3) is 10.1. The van der Waals surface area contributed by atoms with Crippen molar-refractivity contribution in [2.45, 2.75) is 97.7 Å². The van der Waals surface area contributed by atoms with Gasteiger partial charge < -0.3 is 33.7 Å². The van der Waals surface area contributed by atoms with Crippen molar-refractivity contribution in [2.24, 2.45) is 0 Å². The van der Waals surface area contributed by atoms with Crippen LogP contribution in [0, 0.1) is 6.92 Å². The van der Waals surface area contributed by atoms with Crippen LogP contribution in [-0.4, -0.2) is 94.2 Å². The normalized spacial score (nSPS) is 14.2. The Labute approximate surface area is 343 Å². The Kier molecular flexibility index (Phi) is 12.3. The minimum absolute atomic E-state index is 0.0847. The first kappa shape index (κ1) is 43.3. The van der Waals surface area contributed by atoms with Crippen molar-refractivity contribution in [3.8, 4) is 22.5 Å². The van der Waals surface area contributed by atoms with E-state index in [4.69, 9.17) is 24.0 Å². The number of hydrogen-bond donors (Lipinski definition) is 1.